The summed E-state index contributed by atoms with van der Waals surface area (Å²) in [6.07, 6.45) is 0.296. The standard InChI is InChI=1S/C17H17F2NO2S2/c1-22-12-6-8-13(9-7-12)23-11-10-16(21)20-14-4-2-3-5-15(14)24-17(18)19/h2-9,17H,10-11H2,1H3,(H,20,21). The van der Waals surface area contributed by atoms with Gasteiger partial charge in [-0.3, -0.25) is 4.79 Å². The van der Waals surface area contributed by atoms with Crippen molar-refractivity contribution in [1.82, 2.24) is 0 Å². The van der Waals surface area contributed by atoms with Gasteiger partial charge in [-0.1, -0.05) is 23.9 Å². The van der Waals surface area contributed by atoms with Crippen LogP contribution in [0.2, 0.25) is 0 Å². The molecule has 0 aliphatic rings. The third-order valence-electron chi connectivity index (χ3n) is 3.03. The first-order valence-electron chi connectivity index (χ1n) is 7.19. The topological polar surface area (TPSA) is 38.3 Å². The molecule has 24 heavy (non-hydrogen) atoms. The number of carbonyl (C=O) groups is 1. The summed E-state index contributed by atoms with van der Waals surface area (Å²) >= 11 is 1.98. The van der Waals surface area contributed by atoms with Gasteiger partial charge in [0.2, 0.25) is 5.91 Å². The van der Waals surface area contributed by atoms with Gasteiger partial charge in [0.1, 0.15) is 5.75 Å². The molecule has 1 N–H and O–H groups in total. The number of rotatable bonds is 8. The van der Waals surface area contributed by atoms with Crippen LogP contribution in [0.1, 0.15) is 6.42 Å². The van der Waals surface area contributed by atoms with Gasteiger partial charge in [-0.05, 0) is 36.4 Å². The van der Waals surface area contributed by atoms with Crippen molar-refractivity contribution in [3.8, 4) is 5.75 Å². The molecular formula is C17H17F2NO2S2. The zero-order chi connectivity index (χ0) is 17.4. The Labute approximate surface area is 148 Å². The van der Waals surface area contributed by atoms with E-state index in [0.717, 1.165) is 10.6 Å². The number of hydrogen-bond acceptors (Lipinski definition) is 4. The average Bonchev–Trinajstić information content (AvgIpc) is 2.57. The van der Waals surface area contributed by atoms with Crippen molar-refractivity contribution in [1.29, 1.82) is 0 Å². The number of amides is 1. The normalized spacial score (nSPS) is 10.7. The number of benzene rings is 2. The Hall–Kier alpha value is -1.73. The summed E-state index contributed by atoms with van der Waals surface area (Å²) in [7, 11) is 1.61. The molecule has 0 aliphatic carbocycles. The molecule has 0 atom stereocenters. The van der Waals surface area contributed by atoms with Gasteiger partial charge in [0.05, 0.1) is 12.8 Å². The molecule has 2 aromatic carbocycles. The van der Waals surface area contributed by atoms with E-state index >= 15 is 0 Å². The van der Waals surface area contributed by atoms with Gasteiger partial charge in [-0.2, -0.15) is 8.78 Å². The number of nitrogens with one attached hydrogen (secondary N) is 1. The Morgan fingerprint density at radius 3 is 2.54 bits per heavy atom. The van der Waals surface area contributed by atoms with Crippen LogP contribution < -0.4 is 10.1 Å². The molecule has 0 aromatic heterocycles. The van der Waals surface area contributed by atoms with Crippen LogP contribution in [0.25, 0.3) is 0 Å². The molecule has 0 fully saturated rings. The number of ether oxygens (including phenoxy) is 1. The van der Waals surface area contributed by atoms with Crippen LogP contribution in [0.5, 0.6) is 5.75 Å². The third kappa shape index (κ3) is 6.05. The summed E-state index contributed by atoms with van der Waals surface area (Å²) in [5.74, 6) is -1.33. The summed E-state index contributed by atoms with van der Waals surface area (Å²) in [6.45, 7) is 0. The third-order valence-corrected chi connectivity index (χ3v) is 4.84. The molecule has 2 rings (SSSR count). The predicted octanol–water partition coefficient (Wildman–Crippen LogP) is 5.13. The summed E-state index contributed by atoms with van der Waals surface area (Å²) in [6, 6.07) is 14.1. The molecule has 0 unspecified atom stereocenters. The zero-order valence-electron chi connectivity index (χ0n) is 13.0. The fraction of sp³-hybridized carbons (Fsp3) is 0.235. The molecule has 0 bridgehead atoms. The van der Waals surface area contributed by atoms with E-state index in [1.54, 1.807) is 43.1 Å². The molecule has 3 nitrogen and oxygen atoms in total. The Kier molecular flexibility index (Phi) is 7.39. The van der Waals surface area contributed by atoms with Crippen LogP contribution in [-0.2, 0) is 4.79 Å². The lowest BCUT2D eigenvalue weighted by atomic mass is 10.3. The second-order valence-electron chi connectivity index (χ2n) is 4.70. The molecule has 7 heteroatoms. The van der Waals surface area contributed by atoms with Crippen molar-refractivity contribution in [3.05, 3.63) is 48.5 Å². The maximum absolute atomic E-state index is 12.5. The van der Waals surface area contributed by atoms with Crippen LogP contribution in [0.4, 0.5) is 14.5 Å². The quantitative estimate of drug-likeness (QED) is 0.655. The van der Waals surface area contributed by atoms with Crippen molar-refractivity contribution >= 4 is 35.1 Å². The maximum Gasteiger partial charge on any atom is 0.288 e. The minimum Gasteiger partial charge on any atom is -0.497 e. The maximum atomic E-state index is 12.5. The van der Waals surface area contributed by atoms with E-state index < -0.39 is 5.76 Å². The lowest BCUT2D eigenvalue weighted by Gasteiger charge is -2.10. The van der Waals surface area contributed by atoms with E-state index in [2.05, 4.69) is 5.32 Å². The van der Waals surface area contributed by atoms with Crippen LogP contribution in [0.3, 0.4) is 0 Å². The van der Waals surface area contributed by atoms with Gasteiger partial charge in [-0.25, -0.2) is 0 Å². The Morgan fingerprint density at radius 1 is 1.17 bits per heavy atom. The van der Waals surface area contributed by atoms with Gasteiger partial charge < -0.3 is 10.1 Å². The largest absolute Gasteiger partial charge is 0.497 e. The molecule has 2 aromatic rings. The van der Waals surface area contributed by atoms with Crippen molar-refractivity contribution < 1.29 is 18.3 Å². The van der Waals surface area contributed by atoms with Gasteiger partial charge in [0, 0.05) is 22.0 Å². The number of carbonyl (C=O) groups excluding carboxylic acids is 1. The molecule has 0 saturated carbocycles. The predicted molar refractivity (Wildman–Crippen MR) is 95.3 cm³/mol. The van der Waals surface area contributed by atoms with Gasteiger partial charge in [0.15, 0.2) is 0 Å². The van der Waals surface area contributed by atoms with Crippen LogP contribution in [0, 0.1) is 0 Å². The number of thioether (sulfide) groups is 2. The Balaban J connectivity index is 1.83. The molecule has 0 saturated heterocycles. The number of para-hydroxylation sites is 1. The molecule has 0 aliphatic heterocycles. The second kappa shape index (κ2) is 9.54. The summed E-state index contributed by atoms with van der Waals surface area (Å²) in [4.78, 5) is 13.4. The number of hydrogen-bond donors (Lipinski definition) is 1. The lowest BCUT2D eigenvalue weighted by Crippen LogP contribution is -2.12. The lowest BCUT2D eigenvalue weighted by molar-refractivity contribution is -0.115. The minimum atomic E-state index is -2.52. The first kappa shape index (κ1) is 18.6. The first-order valence-corrected chi connectivity index (χ1v) is 9.05. The number of anilines is 1. The van der Waals surface area contributed by atoms with Gasteiger partial charge >= 0.3 is 0 Å². The van der Waals surface area contributed by atoms with E-state index in [9.17, 15) is 13.6 Å². The Bertz CT molecular complexity index is 666. The monoisotopic (exact) mass is 369 g/mol. The molecule has 0 heterocycles. The van der Waals surface area contributed by atoms with E-state index in [0.29, 0.717) is 34.5 Å². The second-order valence-corrected chi connectivity index (χ2v) is 6.90. The van der Waals surface area contributed by atoms with Crippen LogP contribution >= 0.6 is 23.5 Å². The average molecular weight is 369 g/mol. The SMILES string of the molecule is COc1ccc(SCCC(=O)Nc2ccccc2SC(F)F)cc1. The Morgan fingerprint density at radius 2 is 1.88 bits per heavy atom. The van der Waals surface area contributed by atoms with Crippen LogP contribution in [-0.4, -0.2) is 24.5 Å². The summed E-state index contributed by atoms with van der Waals surface area (Å²) in [5.41, 5.74) is 0.419. The van der Waals surface area contributed by atoms with Crippen molar-refractivity contribution in [2.75, 3.05) is 18.2 Å². The number of methoxy groups -OCH3 is 1. The fourth-order valence-corrected chi connectivity index (χ4v) is 3.36. The van der Waals surface area contributed by atoms with E-state index in [4.69, 9.17) is 4.74 Å². The smallest absolute Gasteiger partial charge is 0.288 e. The van der Waals surface area contributed by atoms with Crippen molar-refractivity contribution in [2.45, 2.75) is 22.0 Å². The number of halogens is 2. The van der Waals surface area contributed by atoms with E-state index in [1.165, 1.54) is 0 Å². The van der Waals surface area contributed by atoms with E-state index in [-0.39, 0.29) is 5.91 Å². The molecule has 0 radical (unpaired) electrons. The zero-order valence-corrected chi connectivity index (χ0v) is 14.6. The minimum absolute atomic E-state index is 0.196. The highest BCUT2D eigenvalue weighted by atomic mass is 32.2. The van der Waals surface area contributed by atoms with Gasteiger partial charge in [-0.15, -0.1) is 11.8 Å². The van der Waals surface area contributed by atoms with Crippen LogP contribution in [0.15, 0.2) is 58.3 Å². The summed E-state index contributed by atoms with van der Waals surface area (Å²) in [5, 5.41) is 2.69. The highest BCUT2D eigenvalue weighted by Crippen LogP contribution is 2.31. The molecule has 1 amide bonds. The van der Waals surface area contributed by atoms with Crippen molar-refractivity contribution in [3.63, 3.8) is 0 Å². The van der Waals surface area contributed by atoms with Gasteiger partial charge in [0.25, 0.3) is 5.76 Å². The van der Waals surface area contributed by atoms with Crippen molar-refractivity contribution in [2.24, 2.45) is 0 Å². The fourth-order valence-electron chi connectivity index (χ4n) is 1.91. The highest BCUT2D eigenvalue weighted by Gasteiger charge is 2.11. The van der Waals surface area contributed by atoms with E-state index in [1.807, 2.05) is 24.3 Å². The molecule has 128 valence electrons. The highest BCUT2D eigenvalue weighted by molar-refractivity contribution is 7.99. The molecular weight excluding hydrogens is 352 g/mol. The first-order chi connectivity index (χ1) is 11.6. The molecule has 0 spiro atoms. The summed E-state index contributed by atoms with van der Waals surface area (Å²) < 4.78 is 30.1. The number of alkyl halides is 2.